The van der Waals surface area contributed by atoms with Crippen LogP contribution in [0, 0.1) is 0 Å². The van der Waals surface area contributed by atoms with Crippen LogP contribution in [0.15, 0.2) is 211 Å². The van der Waals surface area contributed by atoms with E-state index >= 15 is 0 Å². The van der Waals surface area contributed by atoms with Gasteiger partial charge >= 0.3 is 0 Å². The Morgan fingerprint density at radius 2 is 0.807 bits per heavy atom. The average Bonchev–Trinajstić information content (AvgIpc) is 3.94. The number of aromatic nitrogens is 2. The molecule has 0 aliphatic heterocycles. The summed E-state index contributed by atoms with van der Waals surface area (Å²) in [7, 11) is 0. The lowest BCUT2D eigenvalue weighted by Gasteiger charge is -2.12. The minimum Gasteiger partial charge on any atom is -0.456 e. The highest BCUT2D eigenvalue weighted by Gasteiger charge is 2.21. The van der Waals surface area contributed by atoms with E-state index in [4.69, 9.17) is 4.42 Å². The van der Waals surface area contributed by atoms with Gasteiger partial charge in [-0.05, 0) is 100 Å². The predicted octanol–water partition coefficient (Wildman–Crippen LogP) is 14.8. The summed E-state index contributed by atoms with van der Waals surface area (Å²) in [4.78, 5) is 0. The van der Waals surface area contributed by atoms with Gasteiger partial charge in [0.2, 0.25) is 0 Å². The number of benzene rings is 9. The zero-order valence-electron chi connectivity index (χ0n) is 30.9. The first-order valence-corrected chi connectivity index (χ1v) is 19.5. The van der Waals surface area contributed by atoms with Crippen LogP contribution in [0.2, 0.25) is 0 Å². The summed E-state index contributed by atoms with van der Waals surface area (Å²) in [5.41, 5.74) is 15.9. The van der Waals surface area contributed by atoms with E-state index in [2.05, 4.69) is 215 Å². The van der Waals surface area contributed by atoms with Gasteiger partial charge in [0.15, 0.2) is 0 Å². The SMILES string of the molecule is c1ccc(-c2cccc(-n3c4ccccc4c4cc(-c5ccc6c(c5)c5ccccc5n6-c5cccc6oc7cccc(-c8ccccc8)c7c56)ccc43)c2)cc1. The van der Waals surface area contributed by atoms with Gasteiger partial charge in [0.1, 0.15) is 11.2 Å². The van der Waals surface area contributed by atoms with Crippen molar-refractivity contribution in [3.05, 3.63) is 206 Å². The smallest absolute Gasteiger partial charge is 0.137 e. The summed E-state index contributed by atoms with van der Waals surface area (Å²) >= 11 is 0. The number of para-hydroxylation sites is 2. The molecule has 9 aromatic carbocycles. The predicted molar refractivity (Wildman–Crippen MR) is 239 cm³/mol. The normalized spacial score (nSPS) is 11.9. The van der Waals surface area contributed by atoms with Crippen molar-refractivity contribution in [3.8, 4) is 44.8 Å². The molecule has 3 heteroatoms. The molecule has 0 N–H and O–H groups in total. The maximum Gasteiger partial charge on any atom is 0.137 e. The Balaban J connectivity index is 1.04. The van der Waals surface area contributed by atoms with Crippen molar-refractivity contribution in [1.29, 1.82) is 0 Å². The number of hydrogen-bond acceptors (Lipinski definition) is 1. The van der Waals surface area contributed by atoms with Crippen LogP contribution in [-0.2, 0) is 0 Å². The van der Waals surface area contributed by atoms with Crippen LogP contribution >= 0.6 is 0 Å². The van der Waals surface area contributed by atoms with E-state index < -0.39 is 0 Å². The second-order valence-electron chi connectivity index (χ2n) is 14.9. The van der Waals surface area contributed by atoms with Crippen molar-refractivity contribution in [1.82, 2.24) is 9.13 Å². The van der Waals surface area contributed by atoms with Crippen molar-refractivity contribution in [3.63, 3.8) is 0 Å². The fourth-order valence-corrected chi connectivity index (χ4v) is 9.19. The molecule has 0 bridgehead atoms. The summed E-state index contributed by atoms with van der Waals surface area (Å²) in [5, 5.41) is 7.18. The van der Waals surface area contributed by atoms with Crippen molar-refractivity contribution >= 4 is 65.6 Å². The Hall–Kier alpha value is -7.62. The lowest BCUT2D eigenvalue weighted by atomic mass is 9.98. The second-order valence-corrected chi connectivity index (χ2v) is 14.9. The molecule has 12 rings (SSSR count). The molecule has 12 aromatic rings. The van der Waals surface area contributed by atoms with E-state index in [0.29, 0.717) is 0 Å². The van der Waals surface area contributed by atoms with Crippen LogP contribution in [0.1, 0.15) is 0 Å². The maximum absolute atomic E-state index is 6.56. The topological polar surface area (TPSA) is 23.0 Å². The molecule has 0 spiro atoms. The van der Waals surface area contributed by atoms with Crippen LogP contribution < -0.4 is 0 Å². The summed E-state index contributed by atoms with van der Waals surface area (Å²) in [6.45, 7) is 0. The number of furan rings is 1. The molecule has 0 atom stereocenters. The molecule has 3 aromatic heterocycles. The number of fused-ring (bicyclic) bond motifs is 9. The third kappa shape index (κ3) is 4.86. The number of nitrogens with zero attached hydrogens (tertiary/aromatic N) is 2. The second kappa shape index (κ2) is 12.5. The highest BCUT2D eigenvalue weighted by Crippen LogP contribution is 2.43. The molecule has 0 radical (unpaired) electrons. The minimum atomic E-state index is 0.882. The van der Waals surface area contributed by atoms with E-state index in [1.54, 1.807) is 0 Å². The van der Waals surface area contributed by atoms with Gasteiger partial charge in [0.25, 0.3) is 0 Å². The highest BCUT2D eigenvalue weighted by atomic mass is 16.3. The Morgan fingerprint density at radius 1 is 0.298 bits per heavy atom. The van der Waals surface area contributed by atoms with E-state index in [1.165, 1.54) is 71.5 Å². The van der Waals surface area contributed by atoms with E-state index in [-0.39, 0.29) is 0 Å². The Labute approximate surface area is 328 Å². The largest absolute Gasteiger partial charge is 0.456 e. The zero-order valence-corrected chi connectivity index (χ0v) is 30.9. The van der Waals surface area contributed by atoms with Crippen LogP contribution in [0.25, 0.3) is 110 Å². The zero-order chi connectivity index (χ0) is 37.5. The molecule has 266 valence electrons. The average molecular weight is 727 g/mol. The minimum absolute atomic E-state index is 0.882. The van der Waals surface area contributed by atoms with Crippen molar-refractivity contribution in [2.75, 3.05) is 0 Å². The molecule has 57 heavy (non-hydrogen) atoms. The van der Waals surface area contributed by atoms with Gasteiger partial charge in [-0.2, -0.15) is 0 Å². The Morgan fingerprint density at radius 3 is 1.51 bits per heavy atom. The lowest BCUT2D eigenvalue weighted by Crippen LogP contribution is -1.95. The van der Waals surface area contributed by atoms with Gasteiger partial charge in [0, 0.05) is 32.6 Å². The number of hydrogen-bond donors (Lipinski definition) is 0. The van der Waals surface area contributed by atoms with Gasteiger partial charge in [0.05, 0.1) is 33.1 Å². The van der Waals surface area contributed by atoms with Gasteiger partial charge < -0.3 is 13.6 Å². The number of rotatable bonds is 5. The van der Waals surface area contributed by atoms with Gasteiger partial charge in [-0.15, -0.1) is 0 Å². The molecule has 0 saturated carbocycles. The molecule has 0 unspecified atom stereocenters. The van der Waals surface area contributed by atoms with E-state index in [1.807, 2.05) is 0 Å². The molecular formula is C54H34N2O. The Kier molecular flexibility index (Phi) is 6.93. The van der Waals surface area contributed by atoms with Crippen molar-refractivity contribution < 1.29 is 4.42 Å². The highest BCUT2D eigenvalue weighted by molar-refractivity contribution is 6.18. The molecule has 0 amide bonds. The standard InChI is InChI=1S/C54H34N2O/c1-3-14-35(15-4-1)37-18-11-19-40(32-37)55-46-23-9-7-20-42(46)44-33-38(28-30-48(44)55)39-29-31-49-45(34-39)43-21-8-10-24-47(43)56(49)50-25-13-27-52-54(50)53-41(22-12-26-51(53)57-52)36-16-5-2-6-17-36/h1-34H. The first kappa shape index (κ1) is 31.7. The third-order valence-corrected chi connectivity index (χ3v) is 11.7. The quantitative estimate of drug-likeness (QED) is 0.173. The molecule has 3 heterocycles. The third-order valence-electron chi connectivity index (χ3n) is 11.7. The molecular weight excluding hydrogens is 693 g/mol. The fourth-order valence-electron chi connectivity index (χ4n) is 9.19. The summed E-state index contributed by atoms with van der Waals surface area (Å²) in [6.07, 6.45) is 0. The first-order chi connectivity index (χ1) is 28.3. The Bertz CT molecular complexity index is 3510. The van der Waals surface area contributed by atoms with Gasteiger partial charge in [-0.3, -0.25) is 0 Å². The van der Waals surface area contributed by atoms with Crippen LogP contribution in [0.4, 0.5) is 0 Å². The van der Waals surface area contributed by atoms with Crippen LogP contribution in [-0.4, -0.2) is 9.13 Å². The van der Waals surface area contributed by atoms with Crippen LogP contribution in [0.3, 0.4) is 0 Å². The maximum atomic E-state index is 6.56. The van der Waals surface area contributed by atoms with Crippen LogP contribution in [0.5, 0.6) is 0 Å². The van der Waals surface area contributed by atoms with Gasteiger partial charge in [-0.25, -0.2) is 0 Å². The van der Waals surface area contributed by atoms with Gasteiger partial charge in [-0.1, -0.05) is 140 Å². The summed E-state index contributed by atoms with van der Waals surface area (Å²) < 4.78 is 11.4. The van der Waals surface area contributed by atoms with E-state index in [0.717, 1.165) is 38.8 Å². The first-order valence-electron chi connectivity index (χ1n) is 19.5. The monoisotopic (exact) mass is 726 g/mol. The van der Waals surface area contributed by atoms with Crippen molar-refractivity contribution in [2.24, 2.45) is 0 Å². The lowest BCUT2D eigenvalue weighted by molar-refractivity contribution is 0.669. The summed E-state index contributed by atoms with van der Waals surface area (Å²) in [5.74, 6) is 0. The molecule has 0 aliphatic carbocycles. The van der Waals surface area contributed by atoms with E-state index in [9.17, 15) is 0 Å². The van der Waals surface area contributed by atoms with Crippen molar-refractivity contribution in [2.45, 2.75) is 0 Å². The molecule has 3 nitrogen and oxygen atoms in total. The summed E-state index contributed by atoms with van der Waals surface area (Å²) in [6, 6.07) is 74.4. The molecule has 0 saturated heterocycles. The molecule has 0 fully saturated rings. The fraction of sp³-hybridized carbons (Fsp3) is 0. The molecule has 0 aliphatic rings.